The molecular weight excluding hydrogens is 417 g/mol. The number of tetrazole rings is 2. The van der Waals surface area contributed by atoms with E-state index < -0.39 is 34.3 Å². The Kier molecular flexibility index (Phi) is 5.62. The molecule has 0 saturated heterocycles. The third-order valence-electron chi connectivity index (χ3n) is 3.49. The highest BCUT2D eigenvalue weighted by atomic mass is 32.2. The fourth-order valence-corrected chi connectivity index (χ4v) is 3.24. The van der Waals surface area contributed by atoms with Crippen molar-refractivity contribution in [1.82, 2.24) is 45.4 Å². The first-order valence-corrected chi connectivity index (χ1v) is 9.31. The first-order chi connectivity index (χ1) is 13.6. The number of halogens is 3. The van der Waals surface area contributed by atoms with E-state index in [1.54, 1.807) is 0 Å². The Bertz CT molecular complexity index is 1060. The molecule has 1 atom stereocenters. The summed E-state index contributed by atoms with van der Waals surface area (Å²) in [6, 6.07) is 1.63. The maximum absolute atomic E-state index is 13.0. The second-order valence-electron chi connectivity index (χ2n) is 5.69. The lowest BCUT2D eigenvalue weighted by molar-refractivity contribution is -0.141. The van der Waals surface area contributed by atoms with Crippen molar-refractivity contribution in [1.29, 1.82) is 0 Å². The van der Waals surface area contributed by atoms with Crippen LogP contribution in [0.3, 0.4) is 0 Å². The van der Waals surface area contributed by atoms with Crippen molar-refractivity contribution in [3.8, 4) is 0 Å². The molecule has 12 nitrogen and oxygen atoms in total. The Morgan fingerprint density at radius 2 is 1.93 bits per heavy atom. The highest BCUT2D eigenvalue weighted by Gasteiger charge is 2.34. The van der Waals surface area contributed by atoms with Crippen LogP contribution in [0.4, 0.5) is 19.1 Å². The average molecular weight is 430 g/mol. The number of amides is 1. The number of carbonyl (C=O) groups excluding carboxylic acids is 1. The number of carbonyl (C=O) groups is 1. The lowest BCUT2D eigenvalue weighted by atomic mass is 10.1. The van der Waals surface area contributed by atoms with Crippen LogP contribution in [0.2, 0.25) is 0 Å². The van der Waals surface area contributed by atoms with Crippen molar-refractivity contribution in [3.63, 3.8) is 0 Å². The molecule has 1 amide bonds. The number of nitrogens with one attached hydrogen (secondary N) is 1. The average Bonchev–Trinajstić information content (AvgIpc) is 3.22. The second kappa shape index (κ2) is 7.98. The van der Waals surface area contributed by atoms with Gasteiger partial charge in [-0.2, -0.15) is 18.0 Å². The van der Waals surface area contributed by atoms with Gasteiger partial charge in [-0.15, -0.1) is 10.2 Å². The molecule has 1 unspecified atom stereocenters. The van der Waals surface area contributed by atoms with Gasteiger partial charge in [0.15, 0.2) is 5.82 Å². The van der Waals surface area contributed by atoms with Gasteiger partial charge in [0, 0.05) is 17.8 Å². The number of hydrogen-bond donors (Lipinski definition) is 1. The van der Waals surface area contributed by atoms with Crippen LogP contribution in [-0.4, -0.2) is 55.5 Å². The third-order valence-corrected chi connectivity index (χ3v) is 4.67. The predicted octanol–water partition coefficient (Wildman–Crippen LogP) is -0.151. The monoisotopic (exact) mass is 430 g/mol. The molecule has 0 aliphatic heterocycles. The molecule has 0 spiro atoms. The standard InChI is InChI=1S/C13H13F3N10O2S/c1-25-12(20-22-24-25)18-11(27)7-3-4-9(13(14,15)16)17-8(7)5-29(28)6-10-19-23-26(2)21-10/h3-4H,5-6H2,1-2H3,(H,18,20,24,27). The minimum Gasteiger partial charge on any atom is -0.289 e. The molecule has 0 saturated carbocycles. The van der Waals surface area contributed by atoms with Crippen molar-refractivity contribution in [2.24, 2.45) is 14.1 Å². The van der Waals surface area contributed by atoms with Gasteiger partial charge in [-0.25, -0.2) is 9.67 Å². The fraction of sp³-hybridized carbons (Fsp3) is 0.385. The van der Waals surface area contributed by atoms with Gasteiger partial charge in [0.2, 0.25) is 5.95 Å². The number of pyridine rings is 1. The molecule has 3 rings (SSSR count). The summed E-state index contributed by atoms with van der Waals surface area (Å²) in [6.07, 6.45) is -4.73. The zero-order valence-corrected chi connectivity index (χ0v) is 15.8. The molecule has 0 aromatic carbocycles. The van der Waals surface area contributed by atoms with E-state index in [1.807, 2.05) is 0 Å². The summed E-state index contributed by atoms with van der Waals surface area (Å²) < 4.78 is 52.7. The van der Waals surface area contributed by atoms with Crippen molar-refractivity contribution in [2.45, 2.75) is 17.7 Å². The Labute approximate surface area is 163 Å². The molecule has 0 aliphatic rings. The van der Waals surface area contributed by atoms with Gasteiger partial charge < -0.3 is 0 Å². The van der Waals surface area contributed by atoms with Gasteiger partial charge in [0.25, 0.3) is 5.91 Å². The van der Waals surface area contributed by atoms with Gasteiger partial charge in [0.1, 0.15) is 5.69 Å². The van der Waals surface area contributed by atoms with E-state index in [0.29, 0.717) is 6.07 Å². The van der Waals surface area contributed by atoms with E-state index >= 15 is 0 Å². The number of rotatable bonds is 6. The summed E-state index contributed by atoms with van der Waals surface area (Å²) >= 11 is 0. The topological polar surface area (TPSA) is 146 Å². The van der Waals surface area contributed by atoms with Gasteiger partial charge in [-0.05, 0) is 27.8 Å². The number of hydrogen-bond acceptors (Lipinski definition) is 9. The molecule has 154 valence electrons. The Hall–Kier alpha value is -3.30. The highest BCUT2D eigenvalue weighted by molar-refractivity contribution is 7.83. The molecule has 3 aromatic heterocycles. The summed E-state index contributed by atoms with van der Waals surface area (Å²) in [4.78, 5) is 17.2. The second-order valence-corrected chi connectivity index (χ2v) is 7.15. The van der Waals surface area contributed by atoms with E-state index in [1.165, 1.54) is 14.1 Å². The van der Waals surface area contributed by atoms with Crippen LogP contribution >= 0.6 is 0 Å². The first kappa shape index (κ1) is 20.4. The Morgan fingerprint density at radius 1 is 1.17 bits per heavy atom. The smallest absolute Gasteiger partial charge is 0.289 e. The number of nitrogens with zero attached hydrogens (tertiary/aromatic N) is 9. The number of alkyl halides is 3. The van der Waals surface area contributed by atoms with Crippen LogP contribution in [0.1, 0.15) is 27.6 Å². The van der Waals surface area contributed by atoms with Crippen LogP contribution in [0.15, 0.2) is 12.1 Å². The number of aromatic nitrogens is 9. The van der Waals surface area contributed by atoms with Gasteiger partial charge in [-0.1, -0.05) is 5.10 Å². The lowest BCUT2D eigenvalue weighted by Gasteiger charge is -2.12. The molecule has 0 bridgehead atoms. The minimum atomic E-state index is -4.73. The van der Waals surface area contributed by atoms with Crippen LogP contribution in [0, 0.1) is 0 Å². The Balaban J connectivity index is 1.88. The van der Waals surface area contributed by atoms with Crippen LogP contribution in [0.5, 0.6) is 0 Å². The van der Waals surface area contributed by atoms with Gasteiger partial charge in [-0.3, -0.25) is 14.3 Å². The molecule has 1 N–H and O–H groups in total. The summed E-state index contributed by atoms with van der Waals surface area (Å²) in [5.74, 6) is -1.27. The lowest BCUT2D eigenvalue weighted by Crippen LogP contribution is -2.20. The normalized spacial score (nSPS) is 12.7. The third kappa shape index (κ3) is 4.95. The maximum atomic E-state index is 13.0. The van der Waals surface area contributed by atoms with Crippen LogP contribution < -0.4 is 5.32 Å². The van der Waals surface area contributed by atoms with Crippen LogP contribution in [-0.2, 0) is 42.6 Å². The SMILES string of the molecule is Cn1nnc(CS(=O)Cc2nc(C(F)(F)F)ccc2C(=O)Nc2nnnn2C)n1. The minimum absolute atomic E-state index is 0.0225. The van der Waals surface area contributed by atoms with E-state index in [0.717, 1.165) is 15.5 Å². The molecular formula is C13H13F3N10O2S. The summed E-state index contributed by atoms with van der Waals surface area (Å²) in [6.45, 7) is 0. The summed E-state index contributed by atoms with van der Waals surface area (Å²) in [7, 11) is 1.23. The Morgan fingerprint density at radius 3 is 2.52 bits per heavy atom. The maximum Gasteiger partial charge on any atom is 0.433 e. The summed E-state index contributed by atoms with van der Waals surface area (Å²) in [5, 5.41) is 23.9. The largest absolute Gasteiger partial charge is 0.433 e. The van der Waals surface area contributed by atoms with E-state index in [-0.39, 0.29) is 28.8 Å². The number of aryl methyl sites for hydroxylation is 2. The highest BCUT2D eigenvalue weighted by Crippen LogP contribution is 2.28. The van der Waals surface area contributed by atoms with Crippen LogP contribution in [0.25, 0.3) is 0 Å². The predicted molar refractivity (Wildman–Crippen MR) is 90.3 cm³/mol. The molecule has 29 heavy (non-hydrogen) atoms. The van der Waals surface area contributed by atoms with Crippen molar-refractivity contribution in [2.75, 3.05) is 5.32 Å². The molecule has 16 heteroatoms. The van der Waals surface area contributed by atoms with Crippen molar-refractivity contribution in [3.05, 3.63) is 34.9 Å². The molecule has 3 heterocycles. The quantitative estimate of drug-likeness (QED) is 0.564. The van der Waals surface area contributed by atoms with E-state index in [9.17, 15) is 22.2 Å². The zero-order chi connectivity index (χ0) is 21.2. The molecule has 0 radical (unpaired) electrons. The van der Waals surface area contributed by atoms with Gasteiger partial charge in [0.05, 0.1) is 29.8 Å². The molecule has 0 fully saturated rings. The van der Waals surface area contributed by atoms with Crippen molar-refractivity contribution >= 4 is 22.7 Å². The zero-order valence-electron chi connectivity index (χ0n) is 15.0. The molecule has 0 aliphatic carbocycles. The van der Waals surface area contributed by atoms with Crippen molar-refractivity contribution < 1.29 is 22.2 Å². The number of anilines is 1. The first-order valence-electron chi connectivity index (χ1n) is 7.82. The van der Waals surface area contributed by atoms with E-state index in [2.05, 4.69) is 41.2 Å². The fourth-order valence-electron chi connectivity index (χ4n) is 2.21. The molecule has 3 aromatic rings. The summed E-state index contributed by atoms with van der Waals surface area (Å²) in [5.41, 5.74) is -1.70. The van der Waals surface area contributed by atoms with Gasteiger partial charge >= 0.3 is 6.18 Å². The van der Waals surface area contributed by atoms with E-state index in [4.69, 9.17) is 0 Å².